The number of likely N-dealkylation sites (N-methyl/N-ethyl adjacent to an activating group) is 2. The Morgan fingerprint density at radius 2 is 2.44 bits per heavy atom. The third-order valence-electron chi connectivity index (χ3n) is 3.37. The molecular formula is C11H19ClN6. The molecule has 1 aliphatic heterocycles. The van der Waals surface area contributed by atoms with Crippen molar-refractivity contribution in [3.05, 3.63) is 11.2 Å². The molecule has 18 heavy (non-hydrogen) atoms. The summed E-state index contributed by atoms with van der Waals surface area (Å²) in [5.74, 6) is 6.39. The van der Waals surface area contributed by atoms with E-state index < -0.39 is 0 Å². The minimum Gasteiger partial charge on any atom is -0.357 e. The van der Waals surface area contributed by atoms with Crippen LogP contribution >= 0.6 is 11.6 Å². The Labute approximate surface area is 112 Å². The molecule has 1 unspecified atom stereocenters. The Balaban J connectivity index is 2.10. The zero-order valence-electron chi connectivity index (χ0n) is 10.7. The van der Waals surface area contributed by atoms with Crippen LogP contribution in [0, 0.1) is 0 Å². The molecule has 0 bridgehead atoms. The molecule has 1 aliphatic rings. The smallest absolute Gasteiger partial charge is 0.239 e. The summed E-state index contributed by atoms with van der Waals surface area (Å²) in [6.45, 7) is 2.06. The van der Waals surface area contributed by atoms with Crippen LogP contribution in [0.3, 0.4) is 0 Å². The highest BCUT2D eigenvalue weighted by Gasteiger charge is 2.23. The van der Waals surface area contributed by atoms with Crippen molar-refractivity contribution in [2.75, 3.05) is 37.5 Å². The van der Waals surface area contributed by atoms with Crippen molar-refractivity contribution in [1.29, 1.82) is 0 Å². The highest BCUT2D eigenvalue weighted by molar-refractivity contribution is 6.32. The first-order chi connectivity index (χ1) is 8.61. The van der Waals surface area contributed by atoms with E-state index in [-0.39, 0.29) is 0 Å². The lowest BCUT2D eigenvalue weighted by atomic mass is 10.2. The number of nitrogens with one attached hydrogen (secondary N) is 1. The molecule has 100 valence electrons. The first kappa shape index (κ1) is 13.3. The maximum atomic E-state index is 6.12. The lowest BCUT2D eigenvalue weighted by Gasteiger charge is -2.27. The molecule has 1 atom stereocenters. The molecule has 0 spiro atoms. The van der Waals surface area contributed by atoms with Crippen LogP contribution in [-0.4, -0.2) is 48.1 Å². The topological polar surface area (TPSA) is 70.3 Å². The van der Waals surface area contributed by atoms with Gasteiger partial charge in [0.15, 0.2) is 5.82 Å². The van der Waals surface area contributed by atoms with Crippen LogP contribution in [0.1, 0.15) is 12.8 Å². The van der Waals surface area contributed by atoms with Gasteiger partial charge in [-0.15, -0.1) is 0 Å². The van der Waals surface area contributed by atoms with E-state index in [2.05, 4.69) is 32.2 Å². The Kier molecular flexibility index (Phi) is 4.21. The molecule has 1 fully saturated rings. The number of hydrogen-bond donors (Lipinski definition) is 2. The fourth-order valence-electron chi connectivity index (χ4n) is 2.31. The van der Waals surface area contributed by atoms with E-state index in [1.807, 2.05) is 7.05 Å². The number of hydrogen-bond acceptors (Lipinski definition) is 6. The molecule has 7 heteroatoms. The highest BCUT2D eigenvalue weighted by atomic mass is 35.5. The van der Waals surface area contributed by atoms with Crippen LogP contribution in [0.2, 0.25) is 5.02 Å². The summed E-state index contributed by atoms with van der Waals surface area (Å²) in [6, 6.07) is 0.551. The van der Waals surface area contributed by atoms with Crippen LogP contribution < -0.4 is 16.2 Å². The van der Waals surface area contributed by atoms with Crippen LogP contribution in [0.15, 0.2) is 6.20 Å². The minimum atomic E-state index is 0.376. The second-order valence-electron chi connectivity index (χ2n) is 4.67. The van der Waals surface area contributed by atoms with Crippen LogP contribution in [0.5, 0.6) is 0 Å². The van der Waals surface area contributed by atoms with Gasteiger partial charge in [-0.3, -0.25) is 5.43 Å². The standard InChI is InChI=1S/C11H19ClN6/c1-17-5-3-4-8(17)7-18(2)10-9(12)6-14-11(15-10)16-13/h6,8H,3-5,7,13H2,1-2H3,(H,14,15,16). The molecule has 0 radical (unpaired) electrons. The second-order valence-corrected chi connectivity index (χ2v) is 5.07. The molecule has 0 amide bonds. The number of aromatic nitrogens is 2. The zero-order chi connectivity index (χ0) is 13.1. The van der Waals surface area contributed by atoms with Crippen LogP contribution in [0.25, 0.3) is 0 Å². The van der Waals surface area contributed by atoms with Gasteiger partial charge in [-0.1, -0.05) is 11.6 Å². The van der Waals surface area contributed by atoms with Gasteiger partial charge in [0.05, 0.1) is 6.20 Å². The Bertz CT molecular complexity index is 413. The fraction of sp³-hybridized carbons (Fsp3) is 0.636. The monoisotopic (exact) mass is 270 g/mol. The Morgan fingerprint density at radius 3 is 3.06 bits per heavy atom. The van der Waals surface area contributed by atoms with E-state index in [9.17, 15) is 0 Å². The molecule has 0 aromatic carbocycles. The molecule has 1 aromatic rings. The second kappa shape index (κ2) is 5.69. The van der Waals surface area contributed by atoms with E-state index in [1.54, 1.807) is 6.20 Å². The quantitative estimate of drug-likeness (QED) is 0.627. The molecule has 0 aliphatic carbocycles. The van der Waals surface area contributed by atoms with Crippen molar-refractivity contribution in [2.45, 2.75) is 18.9 Å². The van der Waals surface area contributed by atoms with Crippen molar-refractivity contribution < 1.29 is 0 Å². The lowest BCUT2D eigenvalue weighted by Crippen LogP contribution is -2.37. The predicted octanol–water partition coefficient (Wildman–Crippen LogP) is 0.946. The average molecular weight is 271 g/mol. The van der Waals surface area contributed by atoms with E-state index in [0.29, 0.717) is 22.8 Å². The van der Waals surface area contributed by atoms with Gasteiger partial charge in [0.1, 0.15) is 5.02 Å². The lowest BCUT2D eigenvalue weighted by molar-refractivity contribution is 0.314. The van der Waals surface area contributed by atoms with E-state index >= 15 is 0 Å². The summed E-state index contributed by atoms with van der Waals surface area (Å²) in [5, 5.41) is 0.539. The number of likely N-dealkylation sites (tertiary alicyclic amines) is 1. The number of nitrogen functional groups attached to an aromatic ring is 1. The molecule has 3 N–H and O–H groups in total. The first-order valence-corrected chi connectivity index (χ1v) is 6.40. The van der Waals surface area contributed by atoms with Gasteiger partial charge in [-0.25, -0.2) is 10.8 Å². The van der Waals surface area contributed by atoms with Gasteiger partial charge in [0, 0.05) is 19.6 Å². The number of hydrazine groups is 1. The zero-order valence-corrected chi connectivity index (χ0v) is 11.5. The van der Waals surface area contributed by atoms with Gasteiger partial charge in [-0.05, 0) is 26.4 Å². The predicted molar refractivity (Wildman–Crippen MR) is 73.8 cm³/mol. The Morgan fingerprint density at radius 1 is 1.67 bits per heavy atom. The fourth-order valence-corrected chi connectivity index (χ4v) is 2.54. The molecule has 1 saturated heterocycles. The molecular weight excluding hydrogens is 252 g/mol. The first-order valence-electron chi connectivity index (χ1n) is 6.02. The third-order valence-corrected chi connectivity index (χ3v) is 3.64. The summed E-state index contributed by atoms with van der Waals surface area (Å²) >= 11 is 6.12. The van der Waals surface area contributed by atoms with Crippen molar-refractivity contribution >= 4 is 23.4 Å². The summed E-state index contributed by atoms with van der Waals surface area (Å²) in [7, 11) is 4.14. The molecule has 0 saturated carbocycles. The minimum absolute atomic E-state index is 0.376. The number of nitrogens with zero attached hydrogens (tertiary/aromatic N) is 4. The molecule has 2 heterocycles. The molecule has 1 aromatic heterocycles. The number of halogens is 1. The summed E-state index contributed by atoms with van der Waals surface area (Å²) in [4.78, 5) is 12.7. The van der Waals surface area contributed by atoms with Gasteiger partial charge < -0.3 is 9.80 Å². The van der Waals surface area contributed by atoms with Crippen LogP contribution in [0.4, 0.5) is 11.8 Å². The van der Waals surface area contributed by atoms with E-state index in [1.165, 1.54) is 12.8 Å². The number of rotatable bonds is 4. The van der Waals surface area contributed by atoms with Crippen molar-refractivity contribution in [1.82, 2.24) is 14.9 Å². The number of nitrogens with two attached hydrogens (primary N) is 1. The normalized spacial score (nSPS) is 20.1. The maximum Gasteiger partial charge on any atom is 0.239 e. The number of anilines is 2. The Hall–Kier alpha value is -1.11. The molecule has 2 rings (SSSR count). The SMILES string of the molecule is CN(CC1CCCN1C)c1nc(NN)ncc1Cl. The van der Waals surface area contributed by atoms with Crippen LogP contribution in [-0.2, 0) is 0 Å². The van der Waals surface area contributed by atoms with Gasteiger partial charge in [-0.2, -0.15) is 4.98 Å². The van der Waals surface area contributed by atoms with Crippen molar-refractivity contribution in [3.63, 3.8) is 0 Å². The van der Waals surface area contributed by atoms with Crippen molar-refractivity contribution in [2.24, 2.45) is 5.84 Å². The van der Waals surface area contributed by atoms with E-state index in [4.69, 9.17) is 17.4 Å². The largest absolute Gasteiger partial charge is 0.357 e. The highest BCUT2D eigenvalue weighted by Crippen LogP contribution is 2.24. The van der Waals surface area contributed by atoms with Gasteiger partial charge >= 0.3 is 0 Å². The third kappa shape index (κ3) is 2.82. The molecule has 6 nitrogen and oxygen atoms in total. The maximum absolute atomic E-state index is 6.12. The van der Waals surface area contributed by atoms with Gasteiger partial charge in [0.25, 0.3) is 0 Å². The average Bonchev–Trinajstić information content (AvgIpc) is 2.75. The van der Waals surface area contributed by atoms with E-state index in [0.717, 1.165) is 13.1 Å². The van der Waals surface area contributed by atoms with Gasteiger partial charge in [0.2, 0.25) is 5.95 Å². The summed E-state index contributed by atoms with van der Waals surface area (Å²) < 4.78 is 0. The van der Waals surface area contributed by atoms with Crippen molar-refractivity contribution in [3.8, 4) is 0 Å². The summed E-state index contributed by atoms with van der Waals surface area (Å²) in [5.41, 5.74) is 2.43. The summed E-state index contributed by atoms with van der Waals surface area (Å²) in [6.07, 6.45) is 4.03.